The number of hydrogen-bond acceptors (Lipinski definition) is 3. The van der Waals surface area contributed by atoms with Gasteiger partial charge in [-0.05, 0) is 23.2 Å². The van der Waals surface area contributed by atoms with Crippen molar-refractivity contribution in [3.63, 3.8) is 0 Å². The molecule has 0 spiro atoms. The second kappa shape index (κ2) is 8.97. The van der Waals surface area contributed by atoms with Gasteiger partial charge in [0.25, 0.3) is 0 Å². The van der Waals surface area contributed by atoms with Gasteiger partial charge in [-0.3, -0.25) is 8.42 Å². The lowest BCUT2D eigenvalue weighted by Crippen LogP contribution is -2.23. The van der Waals surface area contributed by atoms with Gasteiger partial charge in [0, 0.05) is 18.9 Å². The number of Topliss-reactive ketones (excluding diaryl/α,β-unsaturated/α-hetero) is 1. The molecule has 0 bridgehead atoms. The first kappa shape index (κ1) is 18.9. The minimum Gasteiger partial charge on any atom is -0.299 e. The molecule has 0 unspecified atom stereocenters. The third kappa shape index (κ3) is 10.4. The SMILES string of the molecule is CCCCCC(=O)CS(C)(C)[OH+]S(=O)(=O)CCCC. The van der Waals surface area contributed by atoms with E-state index in [-0.39, 0.29) is 11.5 Å². The molecule has 0 aliphatic heterocycles. The molecule has 0 aliphatic carbocycles. The minimum atomic E-state index is -3.36. The maximum absolute atomic E-state index is 11.8. The maximum atomic E-state index is 11.8. The summed E-state index contributed by atoms with van der Waals surface area (Å²) in [6.07, 6.45) is 8.64. The first-order valence-electron chi connectivity index (χ1n) is 6.92. The average Bonchev–Trinajstić information content (AvgIpc) is 2.24. The van der Waals surface area contributed by atoms with Crippen LogP contribution in [0.25, 0.3) is 0 Å². The van der Waals surface area contributed by atoms with Gasteiger partial charge in [0.1, 0.15) is 11.5 Å². The first-order chi connectivity index (χ1) is 8.72. The zero-order chi connectivity index (χ0) is 14.9. The number of carbonyl (C=O) groups is 1. The molecule has 0 amide bonds. The standard InChI is InChI=1S/C13H28O4S2/c1-5-7-9-10-13(14)12-18(3,4)17-19(15,16)11-8-6-2/h5-12H2,1-4H3/p+1. The van der Waals surface area contributed by atoms with Gasteiger partial charge in [-0.15, -0.1) is 0 Å². The van der Waals surface area contributed by atoms with E-state index in [1.165, 1.54) is 0 Å². The summed E-state index contributed by atoms with van der Waals surface area (Å²) in [4.78, 5) is 11.8. The minimum absolute atomic E-state index is 0.101. The van der Waals surface area contributed by atoms with Crippen molar-refractivity contribution in [2.45, 2.75) is 52.4 Å². The predicted octanol–water partition coefficient (Wildman–Crippen LogP) is 3.34. The summed E-state index contributed by atoms with van der Waals surface area (Å²) in [5, 5.41) is 0. The molecule has 0 rings (SSSR count). The Morgan fingerprint density at radius 3 is 2.11 bits per heavy atom. The molecule has 0 atom stereocenters. The fourth-order valence-corrected chi connectivity index (χ4v) is 6.29. The normalized spacial score (nSPS) is 13.5. The van der Waals surface area contributed by atoms with Crippen molar-refractivity contribution >= 4 is 26.2 Å². The number of unbranched alkanes of at least 4 members (excludes halogenated alkanes) is 3. The molecule has 0 aliphatic rings. The Labute approximate surface area is 119 Å². The number of hydrogen-bond donors (Lipinski definition) is 0. The molecule has 0 aromatic rings. The van der Waals surface area contributed by atoms with E-state index in [1.807, 2.05) is 6.92 Å². The third-order valence-electron chi connectivity index (χ3n) is 2.64. The highest BCUT2D eigenvalue weighted by Gasteiger charge is 2.29. The van der Waals surface area contributed by atoms with Crippen molar-refractivity contribution in [2.24, 2.45) is 0 Å². The Bertz CT molecular complexity index is 361. The highest BCUT2D eigenvalue weighted by molar-refractivity contribution is 8.31. The molecule has 0 aromatic heterocycles. The van der Waals surface area contributed by atoms with Gasteiger partial charge < -0.3 is 0 Å². The Hall–Kier alpha value is -0.0700. The van der Waals surface area contributed by atoms with Gasteiger partial charge in [-0.1, -0.05) is 33.1 Å². The molecule has 6 heteroatoms. The molecule has 0 aromatic carbocycles. The molecular formula is C13H29O4S2+. The van der Waals surface area contributed by atoms with Crippen LogP contribution in [-0.4, -0.2) is 41.8 Å². The lowest BCUT2D eigenvalue weighted by Gasteiger charge is -2.24. The fraction of sp³-hybridized carbons (Fsp3) is 0.923. The maximum Gasteiger partial charge on any atom is 0.390 e. The van der Waals surface area contributed by atoms with Crippen LogP contribution in [0.15, 0.2) is 0 Å². The summed E-state index contributed by atoms with van der Waals surface area (Å²) in [6, 6.07) is 0. The lowest BCUT2D eigenvalue weighted by atomic mass is 10.2. The molecule has 1 N–H and O–H groups in total. The summed E-state index contributed by atoms with van der Waals surface area (Å²) in [5.41, 5.74) is 0. The predicted molar refractivity (Wildman–Crippen MR) is 84.8 cm³/mol. The summed E-state index contributed by atoms with van der Waals surface area (Å²) in [6.45, 7) is 4.04. The van der Waals surface area contributed by atoms with Crippen molar-refractivity contribution in [1.82, 2.24) is 0 Å². The van der Waals surface area contributed by atoms with Gasteiger partial charge in [0.05, 0.1) is 5.75 Å². The molecule has 116 valence electrons. The van der Waals surface area contributed by atoms with Crippen LogP contribution in [0, 0.1) is 0 Å². The number of carbonyl (C=O) groups excluding carboxylic acids is 1. The topological polar surface area (TPSA) is 64.0 Å². The van der Waals surface area contributed by atoms with Crippen molar-refractivity contribution in [3.05, 3.63) is 0 Å². The molecule has 0 saturated heterocycles. The van der Waals surface area contributed by atoms with Gasteiger partial charge in [0.15, 0.2) is 0 Å². The van der Waals surface area contributed by atoms with E-state index in [4.69, 9.17) is 0 Å². The zero-order valence-electron chi connectivity index (χ0n) is 12.6. The van der Waals surface area contributed by atoms with Crippen LogP contribution in [0.5, 0.6) is 0 Å². The van der Waals surface area contributed by atoms with E-state index in [2.05, 4.69) is 10.6 Å². The zero-order valence-corrected chi connectivity index (χ0v) is 14.3. The summed E-state index contributed by atoms with van der Waals surface area (Å²) >= 11 is 0. The Kier molecular flexibility index (Phi) is 8.94. The summed E-state index contributed by atoms with van der Waals surface area (Å²) in [5.74, 6) is 0.536. The monoisotopic (exact) mass is 313 g/mol. The lowest BCUT2D eigenvalue weighted by molar-refractivity contribution is -0.116. The Balaban J connectivity index is 4.26. The van der Waals surface area contributed by atoms with Gasteiger partial charge in [0.2, 0.25) is 0 Å². The second-order valence-electron chi connectivity index (χ2n) is 5.33. The highest BCUT2D eigenvalue weighted by Crippen LogP contribution is 2.40. The van der Waals surface area contributed by atoms with Gasteiger partial charge >= 0.3 is 10.1 Å². The van der Waals surface area contributed by atoms with Crippen molar-refractivity contribution < 1.29 is 16.8 Å². The van der Waals surface area contributed by atoms with Crippen molar-refractivity contribution in [3.8, 4) is 0 Å². The first-order valence-corrected chi connectivity index (χ1v) is 11.1. The Morgan fingerprint density at radius 1 is 1.00 bits per heavy atom. The van der Waals surface area contributed by atoms with E-state index in [9.17, 15) is 13.2 Å². The molecular weight excluding hydrogens is 284 g/mol. The van der Waals surface area contributed by atoms with Crippen LogP contribution < -0.4 is 0 Å². The molecule has 19 heavy (non-hydrogen) atoms. The van der Waals surface area contributed by atoms with Crippen LogP contribution in [0.2, 0.25) is 0 Å². The van der Waals surface area contributed by atoms with E-state index in [1.54, 1.807) is 12.5 Å². The third-order valence-corrected chi connectivity index (χ3v) is 7.00. The Morgan fingerprint density at radius 2 is 1.58 bits per heavy atom. The van der Waals surface area contributed by atoms with Crippen LogP contribution in [0.1, 0.15) is 52.4 Å². The van der Waals surface area contributed by atoms with Crippen LogP contribution in [0.3, 0.4) is 0 Å². The van der Waals surface area contributed by atoms with Crippen LogP contribution in [-0.2, 0) is 14.9 Å². The van der Waals surface area contributed by atoms with Crippen molar-refractivity contribution in [1.29, 1.82) is 0 Å². The largest absolute Gasteiger partial charge is 0.390 e. The quantitative estimate of drug-likeness (QED) is 0.334. The molecule has 0 radical (unpaired) electrons. The van der Waals surface area contributed by atoms with Gasteiger partial charge in [-0.25, -0.2) is 0 Å². The van der Waals surface area contributed by atoms with Crippen LogP contribution in [0.4, 0.5) is 0 Å². The van der Waals surface area contributed by atoms with Crippen LogP contribution >= 0.6 is 10.3 Å². The van der Waals surface area contributed by atoms with Gasteiger partial charge in [-0.2, -0.15) is 8.42 Å². The molecule has 0 saturated carbocycles. The van der Waals surface area contributed by atoms with Crippen molar-refractivity contribution in [2.75, 3.05) is 24.0 Å². The van der Waals surface area contributed by atoms with E-state index in [0.717, 1.165) is 25.7 Å². The average molecular weight is 314 g/mol. The summed E-state index contributed by atoms with van der Waals surface area (Å²) < 4.78 is 27.6. The van der Waals surface area contributed by atoms with E-state index < -0.39 is 20.4 Å². The second-order valence-corrected chi connectivity index (χ2v) is 10.8. The smallest absolute Gasteiger partial charge is 0.299 e. The fourth-order valence-electron chi connectivity index (χ4n) is 1.74. The highest BCUT2D eigenvalue weighted by atomic mass is 32.3. The summed E-state index contributed by atoms with van der Waals surface area (Å²) in [7, 11) is -5.08. The van der Waals surface area contributed by atoms with E-state index in [0.29, 0.717) is 18.6 Å². The molecule has 0 fully saturated rings. The van der Waals surface area contributed by atoms with E-state index >= 15 is 0 Å². The molecule has 4 nitrogen and oxygen atoms in total. The number of rotatable bonds is 11. The molecule has 0 heterocycles. The number of ketones is 1.